The lowest BCUT2D eigenvalue weighted by atomic mass is 9.99. The highest BCUT2D eigenvalue weighted by Gasteiger charge is 2.15. The molecule has 4 heteroatoms. The molecule has 4 nitrogen and oxygen atoms in total. The Kier molecular flexibility index (Phi) is 4.32. The minimum Gasteiger partial charge on any atom is -0.388 e. The van der Waals surface area contributed by atoms with E-state index in [1.165, 1.54) is 0 Å². The van der Waals surface area contributed by atoms with Gasteiger partial charge in [-0.15, -0.1) is 0 Å². The Hall–Kier alpha value is -1.68. The molecule has 0 bridgehead atoms. The van der Waals surface area contributed by atoms with Gasteiger partial charge in [-0.05, 0) is 36.1 Å². The number of aryl methyl sites for hydroxylation is 3. The molecule has 0 amide bonds. The zero-order valence-corrected chi connectivity index (χ0v) is 11.8. The van der Waals surface area contributed by atoms with Gasteiger partial charge in [-0.1, -0.05) is 13.8 Å². The van der Waals surface area contributed by atoms with Crippen molar-refractivity contribution in [3.8, 4) is 0 Å². The molecule has 0 fully saturated rings. The van der Waals surface area contributed by atoms with E-state index in [0.29, 0.717) is 6.42 Å². The summed E-state index contributed by atoms with van der Waals surface area (Å²) in [6.07, 6.45) is 5.45. The van der Waals surface area contributed by atoms with Crippen LogP contribution in [0.3, 0.4) is 0 Å². The fourth-order valence-corrected chi connectivity index (χ4v) is 2.30. The molecule has 0 spiro atoms. The number of aromatic nitrogens is 3. The first-order valence-electron chi connectivity index (χ1n) is 6.78. The van der Waals surface area contributed by atoms with Gasteiger partial charge >= 0.3 is 0 Å². The number of hydrogen-bond acceptors (Lipinski definition) is 3. The predicted molar refractivity (Wildman–Crippen MR) is 74.9 cm³/mol. The topological polar surface area (TPSA) is 50.9 Å². The fourth-order valence-electron chi connectivity index (χ4n) is 2.30. The SMILES string of the molecule is CCc1cc(CC(O)c2ccncc2CC)n(C)n1. The molecule has 0 aliphatic rings. The number of hydrogen-bond donors (Lipinski definition) is 1. The van der Waals surface area contributed by atoms with Crippen molar-refractivity contribution >= 4 is 0 Å². The van der Waals surface area contributed by atoms with Crippen molar-refractivity contribution < 1.29 is 5.11 Å². The van der Waals surface area contributed by atoms with Crippen LogP contribution >= 0.6 is 0 Å². The van der Waals surface area contributed by atoms with Crippen molar-refractivity contribution in [2.45, 2.75) is 39.2 Å². The van der Waals surface area contributed by atoms with Gasteiger partial charge in [0.1, 0.15) is 0 Å². The third-order valence-corrected chi connectivity index (χ3v) is 3.47. The highest BCUT2D eigenvalue weighted by Crippen LogP contribution is 2.22. The summed E-state index contributed by atoms with van der Waals surface area (Å²) in [5, 5.41) is 14.8. The van der Waals surface area contributed by atoms with E-state index in [9.17, 15) is 5.11 Å². The fraction of sp³-hybridized carbons (Fsp3) is 0.467. The summed E-state index contributed by atoms with van der Waals surface area (Å²) in [7, 11) is 1.93. The number of aliphatic hydroxyl groups is 1. The monoisotopic (exact) mass is 259 g/mol. The molecule has 102 valence electrons. The van der Waals surface area contributed by atoms with E-state index in [0.717, 1.165) is 35.4 Å². The first-order valence-corrected chi connectivity index (χ1v) is 6.78. The number of pyridine rings is 1. The quantitative estimate of drug-likeness (QED) is 0.895. The third-order valence-electron chi connectivity index (χ3n) is 3.47. The van der Waals surface area contributed by atoms with Crippen LogP contribution < -0.4 is 0 Å². The summed E-state index contributed by atoms with van der Waals surface area (Å²) >= 11 is 0. The van der Waals surface area contributed by atoms with Gasteiger partial charge in [0.2, 0.25) is 0 Å². The Morgan fingerprint density at radius 2 is 2.11 bits per heavy atom. The Morgan fingerprint density at radius 3 is 2.74 bits per heavy atom. The van der Waals surface area contributed by atoms with Gasteiger partial charge in [0.25, 0.3) is 0 Å². The van der Waals surface area contributed by atoms with Crippen LogP contribution in [0.2, 0.25) is 0 Å². The van der Waals surface area contributed by atoms with E-state index in [4.69, 9.17) is 0 Å². The third kappa shape index (κ3) is 3.01. The van der Waals surface area contributed by atoms with Gasteiger partial charge in [0, 0.05) is 31.6 Å². The van der Waals surface area contributed by atoms with E-state index in [1.54, 1.807) is 6.20 Å². The maximum atomic E-state index is 10.4. The zero-order valence-electron chi connectivity index (χ0n) is 11.8. The van der Waals surface area contributed by atoms with Crippen LogP contribution in [-0.4, -0.2) is 19.9 Å². The lowest BCUT2D eigenvalue weighted by molar-refractivity contribution is 0.174. The smallest absolute Gasteiger partial charge is 0.0849 e. The van der Waals surface area contributed by atoms with Crippen molar-refractivity contribution in [1.82, 2.24) is 14.8 Å². The summed E-state index contributed by atoms with van der Waals surface area (Å²) in [6.45, 7) is 4.16. The summed E-state index contributed by atoms with van der Waals surface area (Å²) in [4.78, 5) is 4.11. The van der Waals surface area contributed by atoms with Gasteiger partial charge in [-0.2, -0.15) is 5.10 Å². The second-order valence-corrected chi connectivity index (χ2v) is 4.75. The van der Waals surface area contributed by atoms with E-state index >= 15 is 0 Å². The standard InChI is InChI=1S/C15H21N3O/c1-4-11-10-16-7-6-14(11)15(19)9-13-8-12(5-2)17-18(13)3/h6-8,10,15,19H,4-5,9H2,1-3H3. The summed E-state index contributed by atoms with van der Waals surface area (Å²) in [5.41, 5.74) is 4.20. The second kappa shape index (κ2) is 5.97. The van der Waals surface area contributed by atoms with Crippen LogP contribution in [0, 0.1) is 0 Å². The molecule has 0 aliphatic heterocycles. The lowest BCUT2D eigenvalue weighted by Gasteiger charge is -2.14. The molecule has 1 unspecified atom stereocenters. The Morgan fingerprint density at radius 1 is 1.32 bits per heavy atom. The minimum atomic E-state index is -0.502. The van der Waals surface area contributed by atoms with Gasteiger partial charge in [0.05, 0.1) is 11.8 Å². The molecule has 2 rings (SSSR count). The van der Waals surface area contributed by atoms with Crippen molar-refractivity contribution in [3.05, 3.63) is 47.0 Å². The Balaban J connectivity index is 2.20. The maximum absolute atomic E-state index is 10.4. The molecule has 0 saturated heterocycles. The average molecular weight is 259 g/mol. The van der Waals surface area contributed by atoms with Crippen molar-refractivity contribution in [2.75, 3.05) is 0 Å². The summed E-state index contributed by atoms with van der Waals surface area (Å²) in [6, 6.07) is 3.97. The molecular formula is C15H21N3O. The number of rotatable bonds is 5. The molecule has 1 N–H and O–H groups in total. The van der Waals surface area contributed by atoms with Gasteiger partial charge in [-0.25, -0.2) is 0 Å². The maximum Gasteiger partial charge on any atom is 0.0849 e. The van der Waals surface area contributed by atoms with E-state index in [-0.39, 0.29) is 0 Å². The minimum absolute atomic E-state index is 0.502. The molecule has 0 radical (unpaired) electrons. The molecule has 2 heterocycles. The average Bonchev–Trinajstić information content (AvgIpc) is 2.79. The zero-order chi connectivity index (χ0) is 13.8. The molecule has 2 aromatic heterocycles. The van der Waals surface area contributed by atoms with Crippen LogP contribution in [0.15, 0.2) is 24.5 Å². The predicted octanol–water partition coefficient (Wildman–Crippen LogP) is 2.22. The van der Waals surface area contributed by atoms with Crippen LogP contribution in [0.4, 0.5) is 0 Å². The second-order valence-electron chi connectivity index (χ2n) is 4.75. The Labute approximate surface area is 114 Å². The molecular weight excluding hydrogens is 238 g/mol. The normalized spacial score (nSPS) is 12.6. The first kappa shape index (κ1) is 13.7. The molecule has 19 heavy (non-hydrogen) atoms. The van der Waals surface area contributed by atoms with E-state index in [1.807, 2.05) is 24.0 Å². The highest BCUT2D eigenvalue weighted by atomic mass is 16.3. The number of nitrogens with zero attached hydrogens (tertiary/aromatic N) is 3. The van der Waals surface area contributed by atoms with Crippen LogP contribution in [0.5, 0.6) is 0 Å². The number of aliphatic hydroxyl groups excluding tert-OH is 1. The van der Waals surface area contributed by atoms with Crippen LogP contribution in [-0.2, 0) is 26.3 Å². The van der Waals surface area contributed by atoms with Crippen LogP contribution in [0.25, 0.3) is 0 Å². The first-order chi connectivity index (χ1) is 9.15. The van der Waals surface area contributed by atoms with Gasteiger partial charge < -0.3 is 5.11 Å². The largest absolute Gasteiger partial charge is 0.388 e. The van der Waals surface area contributed by atoms with Crippen molar-refractivity contribution in [3.63, 3.8) is 0 Å². The van der Waals surface area contributed by atoms with Crippen molar-refractivity contribution in [2.24, 2.45) is 7.05 Å². The van der Waals surface area contributed by atoms with Gasteiger partial charge in [-0.3, -0.25) is 9.67 Å². The van der Waals surface area contributed by atoms with E-state index < -0.39 is 6.10 Å². The molecule has 1 atom stereocenters. The Bertz CT molecular complexity index is 548. The summed E-state index contributed by atoms with van der Waals surface area (Å²) in [5.74, 6) is 0. The van der Waals surface area contributed by atoms with E-state index in [2.05, 4.69) is 30.0 Å². The lowest BCUT2D eigenvalue weighted by Crippen LogP contribution is -2.08. The van der Waals surface area contributed by atoms with Gasteiger partial charge in [0.15, 0.2) is 0 Å². The molecule has 2 aromatic rings. The molecule has 0 aliphatic carbocycles. The summed E-state index contributed by atoms with van der Waals surface area (Å²) < 4.78 is 1.86. The highest BCUT2D eigenvalue weighted by molar-refractivity contribution is 5.27. The van der Waals surface area contributed by atoms with Crippen LogP contribution in [0.1, 0.15) is 42.5 Å². The molecule has 0 saturated carbocycles. The van der Waals surface area contributed by atoms with Crippen molar-refractivity contribution in [1.29, 1.82) is 0 Å². The molecule has 0 aromatic carbocycles.